The van der Waals surface area contributed by atoms with E-state index in [9.17, 15) is 4.79 Å². The molecule has 0 spiro atoms. The van der Waals surface area contributed by atoms with Crippen LogP contribution in [0.3, 0.4) is 0 Å². The Bertz CT molecular complexity index is 476. The number of carbonyl (C=O) groups excluding carboxylic acids is 1. The lowest BCUT2D eigenvalue weighted by atomic mass is 10.1. The summed E-state index contributed by atoms with van der Waals surface area (Å²) in [7, 11) is 1.68. The van der Waals surface area contributed by atoms with E-state index in [-0.39, 0.29) is 5.91 Å². The number of benzene rings is 1. The van der Waals surface area contributed by atoms with Crippen molar-refractivity contribution in [1.29, 1.82) is 0 Å². The summed E-state index contributed by atoms with van der Waals surface area (Å²) in [4.78, 5) is 15.7. The summed E-state index contributed by atoms with van der Waals surface area (Å²) in [5.41, 5.74) is 7.70. The number of anilines is 1. The minimum Gasteiger partial charge on any atom is -0.496 e. The van der Waals surface area contributed by atoms with Gasteiger partial charge in [0.2, 0.25) is 5.91 Å². The molecule has 2 N–H and O–H groups in total. The van der Waals surface area contributed by atoms with Crippen LogP contribution >= 0.6 is 0 Å². The highest BCUT2D eigenvalue weighted by molar-refractivity contribution is 5.73. The Morgan fingerprint density at radius 3 is 2.80 bits per heavy atom. The van der Waals surface area contributed by atoms with Gasteiger partial charge in [0.1, 0.15) is 5.75 Å². The Morgan fingerprint density at radius 1 is 1.30 bits per heavy atom. The Hall–Kier alpha value is -1.75. The van der Waals surface area contributed by atoms with Crippen LogP contribution in [0.2, 0.25) is 0 Å². The van der Waals surface area contributed by atoms with E-state index < -0.39 is 0 Å². The fraction of sp³-hybridized carbons (Fsp3) is 0.533. The quantitative estimate of drug-likeness (QED) is 0.847. The molecule has 1 aromatic carbocycles. The van der Waals surface area contributed by atoms with Crippen molar-refractivity contribution in [1.82, 2.24) is 9.80 Å². The molecule has 0 aliphatic carbocycles. The van der Waals surface area contributed by atoms with E-state index in [4.69, 9.17) is 10.5 Å². The lowest BCUT2D eigenvalue weighted by Crippen LogP contribution is -2.33. The molecule has 1 aliphatic heterocycles. The Balaban J connectivity index is 2.03. The summed E-state index contributed by atoms with van der Waals surface area (Å²) >= 11 is 0. The highest BCUT2D eigenvalue weighted by Crippen LogP contribution is 2.23. The summed E-state index contributed by atoms with van der Waals surface area (Å²) in [5.74, 6) is 1.03. The van der Waals surface area contributed by atoms with Crippen LogP contribution in [0.1, 0.15) is 18.9 Å². The second-order valence-corrected chi connectivity index (χ2v) is 5.21. The van der Waals surface area contributed by atoms with Crippen molar-refractivity contribution in [2.24, 2.45) is 0 Å². The molecule has 0 aromatic heterocycles. The third kappa shape index (κ3) is 3.63. The molecular weight excluding hydrogens is 254 g/mol. The fourth-order valence-electron chi connectivity index (χ4n) is 2.61. The van der Waals surface area contributed by atoms with E-state index in [0.29, 0.717) is 0 Å². The van der Waals surface area contributed by atoms with Crippen molar-refractivity contribution < 1.29 is 9.53 Å². The van der Waals surface area contributed by atoms with Gasteiger partial charge in [-0.3, -0.25) is 9.69 Å². The van der Waals surface area contributed by atoms with Crippen LogP contribution in [0.4, 0.5) is 5.69 Å². The zero-order chi connectivity index (χ0) is 14.5. The summed E-state index contributed by atoms with van der Waals surface area (Å²) in [6, 6.07) is 5.72. The lowest BCUT2D eigenvalue weighted by molar-refractivity contribution is -0.128. The number of nitrogens with two attached hydrogens (primary N) is 1. The average Bonchev–Trinajstić information content (AvgIpc) is 2.65. The lowest BCUT2D eigenvalue weighted by Gasteiger charge is -2.22. The third-order valence-corrected chi connectivity index (χ3v) is 3.73. The van der Waals surface area contributed by atoms with Crippen LogP contribution in [0.5, 0.6) is 5.75 Å². The van der Waals surface area contributed by atoms with Gasteiger partial charge in [0.15, 0.2) is 0 Å². The fourth-order valence-corrected chi connectivity index (χ4v) is 2.61. The zero-order valence-corrected chi connectivity index (χ0v) is 12.3. The number of ether oxygens (including phenoxy) is 1. The SMILES string of the molecule is COc1ccc(N)cc1CN1CCCN(C(C)=O)CC1. The van der Waals surface area contributed by atoms with Crippen molar-refractivity contribution in [3.05, 3.63) is 23.8 Å². The van der Waals surface area contributed by atoms with Crippen LogP contribution in [0, 0.1) is 0 Å². The molecule has 1 heterocycles. The van der Waals surface area contributed by atoms with E-state index in [0.717, 1.165) is 56.1 Å². The summed E-state index contributed by atoms with van der Waals surface area (Å²) in [5, 5.41) is 0. The molecule has 0 saturated carbocycles. The first-order chi connectivity index (χ1) is 9.60. The van der Waals surface area contributed by atoms with E-state index in [1.807, 2.05) is 23.1 Å². The van der Waals surface area contributed by atoms with Crippen LogP contribution < -0.4 is 10.5 Å². The molecule has 2 rings (SSSR count). The van der Waals surface area contributed by atoms with Gasteiger partial charge in [-0.1, -0.05) is 0 Å². The van der Waals surface area contributed by atoms with Crippen LogP contribution in [0.15, 0.2) is 18.2 Å². The van der Waals surface area contributed by atoms with Crippen molar-refractivity contribution in [2.45, 2.75) is 19.9 Å². The van der Waals surface area contributed by atoms with Gasteiger partial charge >= 0.3 is 0 Å². The van der Waals surface area contributed by atoms with Crippen molar-refractivity contribution in [3.63, 3.8) is 0 Å². The maximum absolute atomic E-state index is 11.4. The predicted molar refractivity (Wildman–Crippen MR) is 79.6 cm³/mol. The van der Waals surface area contributed by atoms with E-state index in [1.54, 1.807) is 14.0 Å². The topological polar surface area (TPSA) is 58.8 Å². The van der Waals surface area contributed by atoms with Gasteiger partial charge < -0.3 is 15.4 Å². The van der Waals surface area contributed by atoms with Gasteiger partial charge in [-0.25, -0.2) is 0 Å². The van der Waals surface area contributed by atoms with E-state index in [1.165, 1.54) is 0 Å². The highest BCUT2D eigenvalue weighted by atomic mass is 16.5. The molecule has 20 heavy (non-hydrogen) atoms. The highest BCUT2D eigenvalue weighted by Gasteiger charge is 2.17. The van der Waals surface area contributed by atoms with E-state index in [2.05, 4.69) is 4.90 Å². The number of hydrogen-bond acceptors (Lipinski definition) is 4. The number of rotatable bonds is 3. The molecule has 0 atom stereocenters. The molecule has 5 heteroatoms. The van der Waals surface area contributed by atoms with Gasteiger partial charge in [-0.15, -0.1) is 0 Å². The second-order valence-electron chi connectivity index (χ2n) is 5.21. The molecule has 1 aliphatic rings. The molecule has 0 bridgehead atoms. The minimum atomic E-state index is 0.161. The number of nitrogens with zero attached hydrogens (tertiary/aromatic N) is 2. The molecule has 1 amide bonds. The molecule has 0 radical (unpaired) electrons. The predicted octanol–water partition coefficient (Wildman–Crippen LogP) is 1.33. The smallest absolute Gasteiger partial charge is 0.219 e. The van der Waals surface area contributed by atoms with Gasteiger partial charge in [-0.05, 0) is 24.6 Å². The van der Waals surface area contributed by atoms with Gasteiger partial charge in [0.05, 0.1) is 7.11 Å². The van der Waals surface area contributed by atoms with Gasteiger partial charge in [0, 0.05) is 50.9 Å². The molecular formula is C15H23N3O2. The molecule has 1 aromatic rings. The monoisotopic (exact) mass is 277 g/mol. The van der Waals surface area contributed by atoms with Gasteiger partial charge in [-0.2, -0.15) is 0 Å². The minimum absolute atomic E-state index is 0.161. The number of hydrogen-bond donors (Lipinski definition) is 1. The maximum Gasteiger partial charge on any atom is 0.219 e. The normalized spacial score (nSPS) is 16.8. The van der Waals surface area contributed by atoms with Crippen LogP contribution in [0.25, 0.3) is 0 Å². The third-order valence-electron chi connectivity index (χ3n) is 3.73. The van der Waals surface area contributed by atoms with Crippen molar-refractivity contribution in [3.8, 4) is 5.75 Å². The Kier molecular flexibility index (Phi) is 4.84. The van der Waals surface area contributed by atoms with Gasteiger partial charge in [0.25, 0.3) is 0 Å². The summed E-state index contributed by atoms with van der Waals surface area (Å²) < 4.78 is 5.39. The first kappa shape index (κ1) is 14.7. The summed E-state index contributed by atoms with van der Waals surface area (Å²) in [6.07, 6.45) is 1.00. The Labute approximate surface area is 120 Å². The molecule has 1 saturated heterocycles. The largest absolute Gasteiger partial charge is 0.496 e. The van der Waals surface area contributed by atoms with E-state index >= 15 is 0 Å². The van der Waals surface area contributed by atoms with Crippen LogP contribution in [-0.2, 0) is 11.3 Å². The van der Waals surface area contributed by atoms with Crippen molar-refractivity contribution >= 4 is 11.6 Å². The molecule has 5 nitrogen and oxygen atoms in total. The number of amides is 1. The number of methoxy groups -OCH3 is 1. The second kappa shape index (κ2) is 6.61. The Morgan fingerprint density at radius 2 is 2.10 bits per heavy atom. The molecule has 0 unspecified atom stereocenters. The van der Waals surface area contributed by atoms with Crippen molar-refractivity contribution in [2.75, 3.05) is 39.0 Å². The van der Waals surface area contributed by atoms with Crippen LogP contribution in [-0.4, -0.2) is 49.0 Å². The molecule has 1 fully saturated rings. The number of carbonyl (C=O) groups is 1. The standard InChI is InChI=1S/C15H23N3O2/c1-12(19)18-7-3-6-17(8-9-18)11-13-10-14(16)4-5-15(13)20-2/h4-5,10H,3,6-9,11,16H2,1-2H3. The average molecular weight is 277 g/mol. The molecule has 110 valence electrons. The number of nitrogen functional groups attached to an aromatic ring is 1. The zero-order valence-electron chi connectivity index (χ0n) is 12.3. The summed E-state index contributed by atoms with van der Waals surface area (Å²) in [6.45, 7) is 5.95. The first-order valence-corrected chi connectivity index (χ1v) is 7.00. The first-order valence-electron chi connectivity index (χ1n) is 7.00. The maximum atomic E-state index is 11.4.